The molecule has 2 N–H and O–H groups in total. The van der Waals surface area contributed by atoms with Crippen LogP contribution in [0.5, 0.6) is 5.75 Å². The fourth-order valence-corrected chi connectivity index (χ4v) is 4.68. The first-order valence-corrected chi connectivity index (χ1v) is 9.77. The molecule has 2 fully saturated rings. The number of methoxy groups -OCH3 is 1. The molecule has 1 aliphatic carbocycles. The molecular formula is C21H31N3O3. The van der Waals surface area contributed by atoms with E-state index in [1.807, 2.05) is 24.3 Å². The minimum Gasteiger partial charge on any atom is -0.497 e. The molecule has 148 valence electrons. The Morgan fingerprint density at radius 3 is 2.44 bits per heavy atom. The van der Waals surface area contributed by atoms with Crippen molar-refractivity contribution in [3.05, 3.63) is 24.3 Å². The third kappa shape index (κ3) is 4.93. The number of urea groups is 1. The van der Waals surface area contributed by atoms with Crippen molar-refractivity contribution < 1.29 is 14.3 Å². The lowest BCUT2D eigenvalue weighted by Gasteiger charge is -2.39. The zero-order valence-corrected chi connectivity index (χ0v) is 16.7. The van der Waals surface area contributed by atoms with Crippen LogP contribution < -0.4 is 20.3 Å². The molecule has 0 aromatic heterocycles. The van der Waals surface area contributed by atoms with E-state index in [0.717, 1.165) is 24.3 Å². The van der Waals surface area contributed by atoms with E-state index in [0.29, 0.717) is 18.9 Å². The fraction of sp³-hybridized carbons (Fsp3) is 0.619. The summed E-state index contributed by atoms with van der Waals surface area (Å²) in [5.74, 6) is 1.39. The van der Waals surface area contributed by atoms with Crippen LogP contribution in [0.15, 0.2) is 24.3 Å². The summed E-state index contributed by atoms with van der Waals surface area (Å²) in [5, 5.41) is 6.10. The van der Waals surface area contributed by atoms with Crippen LogP contribution in [-0.4, -0.2) is 37.7 Å². The van der Waals surface area contributed by atoms with E-state index >= 15 is 0 Å². The van der Waals surface area contributed by atoms with Crippen molar-refractivity contribution in [1.82, 2.24) is 10.6 Å². The van der Waals surface area contributed by atoms with Gasteiger partial charge < -0.3 is 20.3 Å². The molecule has 3 amide bonds. The highest BCUT2D eigenvalue weighted by Gasteiger charge is 2.34. The average Bonchev–Trinajstić information content (AvgIpc) is 2.93. The molecular weight excluding hydrogens is 342 g/mol. The molecule has 1 aliphatic heterocycles. The van der Waals surface area contributed by atoms with E-state index in [1.165, 1.54) is 6.42 Å². The first-order chi connectivity index (χ1) is 12.8. The van der Waals surface area contributed by atoms with Gasteiger partial charge in [-0.1, -0.05) is 20.8 Å². The number of rotatable bonds is 4. The molecule has 2 aliphatic rings. The van der Waals surface area contributed by atoms with Gasteiger partial charge in [0.05, 0.1) is 13.2 Å². The second-order valence-corrected chi connectivity index (χ2v) is 8.83. The number of hydrogen-bond acceptors (Lipinski definition) is 3. The Morgan fingerprint density at radius 1 is 1.15 bits per heavy atom. The lowest BCUT2D eigenvalue weighted by atomic mass is 9.71. The van der Waals surface area contributed by atoms with Crippen molar-refractivity contribution in [2.45, 2.75) is 58.5 Å². The maximum Gasteiger partial charge on any atom is 0.315 e. The number of nitrogens with one attached hydrogen (secondary N) is 2. The number of anilines is 1. The summed E-state index contributed by atoms with van der Waals surface area (Å²) in [4.78, 5) is 26.5. The molecule has 3 atom stereocenters. The van der Waals surface area contributed by atoms with Crippen LogP contribution in [0.2, 0.25) is 0 Å². The summed E-state index contributed by atoms with van der Waals surface area (Å²) in [6.07, 6.45) is 3.53. The van der Waals surface area contributed by atoms with Crippen LogP contribution in [0, 0.1) is 11.3 Å². The molecule has 1 saturated carbocycles. The zero-order valence-electron chi connectivity index (χ0n) is 16.7. The Bertz CT molecular complexity index is 686. The molecule has 1 saturated heterocycles. The SMILES string of the molecule is COc1ccc(N2CC(NC(=O)NC3CC(C)CC(C)(C)C3)CC2=O)cc1. The van der Waals surface area contributed by atoms with Crippen molar-refractivity contribution in [3.8, 4) is 5.75 Å². The summed E-state index contributed by atoms with van der Waals surface area (Å²) in [6.45, 7) is 7.26. The van der Waals surface area contributed by atoms with Gasteiger partial charge in [-0.25, -0.2) is 4.79 Å². The van der Waals surface area contributed by atoms with Gasteiger partial charge in [-0.3, -0.25) is 4.79 Å². The number of hydrogen-bond donors (Lipinski definition) is 2. The van der Waals surface area contributed by atoms with E-state index in [9.17, 15) is 9.59 Å². The quantitative estimate of drug-likeness (QED) is 0.851. The predicted octanol–water partition coefficient (Wildman–Crippen LogP) is 3.31. The predicted molar refractivity (Wildman–Crippen MR) is 106 cm³/mol. The second kappa shape index (κ2) is 7.79. The maximum absolute atomic E-state index is 12.4. The molecule has 3 unspecified atom stereocenters. The van der Waals surface area contributed by atoms with Gasteiger partial charge in [0.2, 0.25) is 5.91 Å². The lowest BCUT2D eigenvalue weighted by molar-refractivity contribution is -0.117. The number of ether oxygens (including phenoxy) is 1. The molecule has 27 heavy (non-hydrogen) atoms. The Labute approximate surface area is 161 Å². The summed E-state index contributed by atoms with van der Waals surface area (Å²) in [7, 11) is 1.61. The van der Waals surface area contributed by atoms with Crippen molar-refractivity contribution in [2.75, 3.05) is 18.6 Å². The molecule has 0 bridgehead atoms. The number of carbonyl (C=O) groups excluding carboxylic acids is 2. The van der Waals surface area contributed by atoms with Crippen molar-refractivity contribution >= 4 is 17.6 Å². The monoisotopic (exact) mass is 373 g/mol. The smallest absolute Gasteiger partial charge is 0.315 e. The molecule has 1 aromatic carbocycles. The Hall–Kier alpha value is -2.24. The van der Waals surface area contributed by atoms with Gasteiger partial charge in [-0.15, -0.1) is 0 Å². The first kappa shape index (κ1) is 19.5. The highest BCUT2D eigenvalue weighted by molar-refractivity contribution is 5.96. The standard InChI is InChI=1S/C21H31N3O3/c1-14-9-15(12-21(2,3)11-14)22-20(26)23-16-10-19(25)24(13-16)17-5-7-18(27-4)8-6-17/h5-8,14-16H,9-13H2,1-4H3,(H2,22,23,26). The van der Waals surface area contributed by atoms with Gasteiger partial charge in [-0.05, 0) is 54.9 Å². The summed E-state index contributed by atoms with van der Waals surface area (Å²) >= 11 is 0. The van der Waals surface area contributed by atoms with Crippen molar-refractivity contribution in [1.29, 1.82) is 0 Å². The van der Waals surface area contributed by atoms with Gasteiger partial charge >= 0.3 is 6.03 Å². The van der Waals surface area contributed by atoms with Crippen LogP contribution in [-0.2, 0) is 4.79 Å². The van der Waals surface area contributed by atoms with E-state index < -0.39 is 0 Å². The minimum atomic E-state index is -0.173. The van der Waals surface area contributed by atoms with Crippen molar-refractivity contribution in [3.63, 3.8) is 0 Å². The topological polar surface area (TPSA) is 70.7 Å². The average molecular weight is 373 g/mol. The van der Waals surface area contributed by atoms with Crippen LogP contribution >= 0.6 is 0 Å². The number of amides is 3. The largest absolute Gasteiger partial charge is 0.497 e. The zero-order chi connectivity index (χ0) is 19.6. The van der Waals surface area contributed by atoms with Crippen LogP contribution in [0.4, 0.5) is 10.5 Å². The summed E-state index contributed by atoms with van der Waals surface area (Å²) in [5.41, 5.74) is 1.08. The molecule has 1 aromatic rings. The Morgan fingerprint density at radius 2 is 1.81 bits per heavy atom. The number of carbonyl (C=O) groups is 2. The van der Waals surface area contributed by atoms with Gasteiger partial charge in [0.1, 0.15) is 5.75 Å². The third-order valence-corrected chi connectivity index (χ3v) is 5.57. The minimum absolute atomic E-state index is 0.0258. The molecule has 0 spiro atoms. The van der Waals surface area contributed by atoms with Gasteiger partial charge in [0.15, 0.2) is 0 Å². The first-order valence-electron chi connectivity index (χ1n) is 9.77. The van der Waals surface area contributed by atoms with Gasteiger partial charge in [0, 0.05) is 24.7 Å². The maximum atomic E-state index is 12.4. The van der Waals surface area contributed by atoms with E-state index in [2.05, 4.69) is 31.4 Å². The number of benzene rings is 1. The normalized spacial score (nSPS) is 27.3. The van der Waals surface area contributed by atoms with Crippen LogP contribution in [0.25, 0.3) is 0 Å². The molecule has 3 rings (SSSR count). The van der Waals surface area contributed by atoms with E-state index in [1.54, 1.807) is 12.0 Å². The highest BCUT2D eigenvalue weighted by Crippen LogP contribution is 2.38. The van der Waals surface area contributed by atoms with Crippen LogP contribution in [0.1, 0.15) is 46.5 Å². The lowest BCUT2D eigenvalue weighted by Crippen LogP contribution is -2.50. The molecule has 6 nitrogen and oxygen atoms in total. The fourth-order valence-electron chi connectivity index (χ4n) is 4.68. The van der Waals surface area contributed by atoms with Crippen LogP contribution in [0.3, 0.4) is 0 Å². The molecule has 1 heterocycles. The Balaban J connectivity index is 1.53. The van der Waals surface area contributed by atoms with E-state index in [4.69, 9.17) is 4.74 Å². The highest BCUT2D eigenvalue weighted by atomic mass is 16.5. The Kier molecular flexibility index (Phi) is 5.63. The second-order valence-electron chi connectivity index (χ2n) is 8.83. The summed E-state index contributed by atoms with van der Waals surface area (Å²) < 4.78 is 5.16. The number of nitrogens with zero attached hydrogens (tertiary/aromatic N) is 1. The summed E-state index contributed by atoms with van der Waals surface area (Å²) in [6, 6.07) is 7.26. The van der Waals surface area contributed by atoms with Crippen molar-refractivity contribution in [2.24, 2.45) is 11.3 Å². The molecule has 6 heteroatoms. The van der Waals surface area contributed by atoms with E-state index in [-0.39, 0.29) is 29.4 Å². The van der Waals surface area contributed by atoms with Gasteiger partial charge in [-0.2, -0.15) is 0 Å². The molecule has 0 radical (unpaired) electrons. The third-order valence-electron chi connectivity index (χ3n) is 5.57. The van der Waals surface area contributed by atoms with Gasteiger partial charge in [0.25, 0.3) is 0 Å².